The topological polar surface area (TPSA) is 12.0 Å². The summed E-state index contributed by atoms with van der Waals surface area (Å²) in [6.07, 6.45) is 0. The summed E-state index contributed by atoms with van der Waals surface area (Å²) in [6.45, 7) is 2.61. The zero-order valence-corrected chi connectivity index (χ0v) is 13.0. The molecule has 0 heterocycles. The van der Waals surface area contributed by atoms with Gasteiger partial charge in [0.05, 0.1) is 11.1 Å². The molecule has 0 aliphatic carbocycles. The highest BCUT2D eigenvalue weighted by Gasteiger charge is 2.20. The first-order valence-corrected chi connectivity index (χ1v) is 7.30. The first-order valence-electron chi connectivity index (χ1n) is 6.16. The predicted octanol–water partition coefficient (Wildman–Crippen LogP) is 5.48. The van der Waals surface area contributed by atoms with Gasteiger partial charge in [-0.3, -0.25) is 0 Å². The molecule has 0 amide bonds. The number of rotatable bonds is 4. The number of hydrogen-bond donors (Lipinski definition) is 1. The van der Waals surface area contributed by atoms with E-state index in [-0.39, 0.29) is 11.1 Å². The van der Waals surface area contributed by atoms with E-state index in [1.807, 2.05) is 6.92 Å². The monoisotopic (exact) mass is 331 g/mol. The Balaban J connectivity index is 2.53. The zero-order valence-electron chi connectivity index (χ0n) is 10.8. The van der Waals surface area contributed by atoms with Crippen molar-refractivity contribution in [3.63, 3.8) is 0 Å². The van der Waals surface area contributed by atoms with E-state index in [0.717, 1.165) is 5.56 Å². The van der Waals surface area contributed by atoms with E-state index in [1.165, 1.54) is 6.07 Å². The minimum absolute atomic E-state index is 0.0930. The summed E-state index contributed by atoms with van der Waals surface area (Å²) in [7, 11) is 0. The molecule has 0 spiro atoms. The summed E-state index contributed by atoms with van der Waals surface area (Å²) in [5.41, 5.74) is 1.22. The molecule has 0 fully saturated rings. The third-order valence-corrected chi connectivity index (χ3v) is 3.83. The molecule has 0 saturated carbocycles. The summed E-state index contributed by atoms with van der Waals surface area (Å²) >= 11 is 18.0. The van der Waals surface area contributed by atoms with Crippen LogP contribution in [-0.4, -0.2) is 6.54 Å². The van der Waals surface area contributed by atoms with Crippen LogP contribution in [0.3, 0.4) is 0 Å². The molecule has 1 unspecified atom stereocenters. The fourth-order valence-corrected chi connectivity index (χ4v) is 2.77. The minimum Gasteiger partial charge on any atom is -0.306 e. The smallest absolute Gasteiger partial charge is 0.146 e. The SMILES string of the molecule is CCNC(c1ccc(Cl)cc1Cl)c1cccc(Cl)c1F. The van der Waals surface area contributed by atoms with Gasteiger partial charge in [-0.15, -0.1) is 0 Å². The van der Waals surface area contributed by atoms with Gasteiger partial charge in [0, 0.05) is 15.6 Å². The summed E-state index contributed by atoms with van der Waals surface area (Å²) in [4.78, 5) is 0. The van der Waals surface area contributed by atoms with Crippen LogP contribution in [0.5, 0.6) is 0 Å². The molecule has 0 aromatic heterocycles. The fraction of sp³-hybridized carbons (Fsp3) is 0.200. The Morgan fingerprint density at radius 2 is 1.80 bits per heavy atom. The standard InChI is InChI=1S/C15H13Cl3FN/c1-2-20-15(10-7-6-9(16)8-13(10)18)11-4-3-5-12(17)14(11)19/h3-8,15,20H,2H2,1H3. The van der Waals surface area contributed by atoms with Gasteiger partial charge in [0.1, 0.15) is 5.82 Å². The average molecular weight is 333 g/mol. The van der Waals surface area contributed by atoms with Gasteiger partial charge in [0.15, 0.2) is 0 Å². The first-order chi connectivity index (χ1) is 9.54. The van der Waals surface area contributed by atoms with E-state index in [4.69, 9.17) is 34.8 Å². The van der Waals surface area contributed by atoms with Crippen LogP contribution in [0.1, 0.15) is 24.1 Å². The molecule has 106 valence electrons. The molecule has 2 aromatic rings. The Hall–Kier alpha value is -0.800. The Bertz CT molecular complexity index is 616. The Kier molecular flexibility index (Phi) is 5.28. The highest BCUT2D eigenvalue weighted by molar-refractivity contribution is 6.35. The molecule has 0 aliphatic rings. The van der Waals surface area contributed by atoms with Crippen molar-refractivity contribution in [1.29, 1.82) is 0 Å². The molecule has 20 heavy (non-hydrogen) atoms. The molecule has 0 bridgehead atoms. The molecule has 5 heteroatoms. The molecule has 2 aromatic carbocycles. The van der Waals surface area contributed by atoms with Crippen LogP contribution in [0, 0.1) is 5.82 Å². The van der Waals surface area contributed by atoms with E-state index in [2.05, 4.69) is 5.32 Å². The first kappa shape index (κ1) is 15.6. The Morgan fingerprint density at radius 3 is 2.45 bits per heavy atom. The minimum atomic E-state index is -0.439. The normalized spacial score (nSPS) is 12.4. The lowest BCUT2D eigenvalue weighted by molar-refractivity contribution is 0.559. The van der Waals surface area contributed by atoms with Crippen molar-refractivity contribution < 1.29 is 4.39 Å². The van der Waals surface area contributed by atoms with Gasteiger partial charge >= 0.3 is 0 Å². The van der Waals surface area contributed by atoms with Gasteiger partial charge in [-0.1, -0.05) is 59.9 Å². The van der Waals surface area contributed by atoms with Crippen molar-refractivity contribution in [2.75, 3.05) is 6.54 Å². The van der Waals surface area contributed by atoms with E-state index in [1.54, 1.807) is 30.3 Å². The lowest BCUT2D eigenvalue weighted by Gasteiger charge is -2.21. The molecule has 0 saturated heterocycles. The Labute approximate surface area is 132 Å². The van der Waals surface area contributed by atoms with Crippen molar-refractivity contribution in [3.8, 4) is 0 Å². The van der Waals surface area contributed by atoms with E-state index in [0.29, 0.717) is 22.2 Å². The van der Waals surface area contributed by atoms with Crippen LogP contribution >= 0.6 is 34.8 Å². The maximum atomic E-state index is 14.2. The van der Waals surface area contributed by atoms with Crippen LogP contribution in [-0.2, 0) is 0 Å². The molecule has 1 nitrogen and oxygen atoms in total. The van der Waals surface area contributed by atoms with Gasteiger partial charge < -0.3 is 5.32 Å². The largest absolute Gasteiger partial charge is 0.306 e. The molecule has 2 rings (SSSR count). The molecule has 0 radical (unpaired) electrons. The summed E-state index contributed by atoms with van der Waals surface area (Å²) < 4.78 is 14.2. The number of hydrogen-bond acceptors (Lipinski definition) is 1. The van der Waals surface area contributed by atoms with Gasteiger partial charge in [-0.25, -0.2) is 4.39 Å². The van der Waals surface area contributed by atoms with Crippen molar-refractivity contribution in [2.24, 2.45) is 0 Å². The van der Waals surface area contributed by atoms with E-state index < -0.39 is 5.82 Å². The van der Waals surface area contributed by atoms with Crippen LogP contribution < -0.4 is 5.32 Å². The number of halogens is 4. The van der Waals surface area contributed by atoms with Crippen LogP contribution in [0.4, 0.5) is 4.39 Å². The fourth-order valence-electron chi connectivity index (χ4n) is 2.07. The third-order valence-electron chi connectivity index (χ3n) is 2.97. The molecule has 1 atom stereocenters. The third kappa shape index (κ3) is 3.26. The van der Waals surface area contributed by atoms with Gasteiger partial charge in [-0.2, -0.15) is 0 Å². The second-order valence-electron chi connectivity index (χ2n) is 4.30. The van der Waals surface area contributed by atoms with Crippen molar-refractivity contribution in [1.82, 2.24) is 5.32 Å². The average Bonchev–Trinajstić information content (AvgIpc) is 2.40. The van der Waals surface area contributed by atoms with Crippen LogP contribution in [0.25, 0.3) is 0 Å². The molecular formula is C15H13Cl3FN. The maximum Gasteiger partial charge on any atom is 0.146 e. The highest BCUT2D eigenvalue weighted by atomic mass is 35.5. The quantitative estimate of drug-likeness (QED) is 0.781. The van der Waals surface area contributed by atoms with Crippen molar-refractivity contribution in [2.45, 2.75) is 13.0 Å². The van der Waals surface area contributed by atoms with Gasteiger partial charge in [0.25, 0.3) is 0 Å². The van der Waals surface area contributed by atoms with Crippen LogP contribution in [0.15, 0.2) is 36.4 Å². The molecule has 1 N–H and O–H groups in total. The zero-order chi connectivity index (χ0) is 14.7. The number of benzene rings is 2. The summed E-state index contributed by atoms with van der Waals surface area (Å²) in [5, 5.41) is 4.34. The van der Waals surface area contributed by atoms with Crippen molar-refractivity contribution >= 4 is 34.8 Å². The lowest BCUT2D eigenvalue weighted by atomic mass is 9.98. The lowest BCUT2D eigenvalue weighted by Crippen LogP contribution is -2.23. The molecule has 0 aliphatic heterocycles. The van der Waals surface area contributed by atoms with E-state index in [9.17, 15) is 4.39 Å². The molecular weight excluding hydrogens is 320 g/mol. The number of nitrogens with one attached hydrogen (secondary N) is 1. The van der Waals surface area contributed by atoms with Crippen LogP contribution in [0.2, 0.25) is 15.1 Å². The van der Waals surface area contributed by atoms with E-state index >= 15 is 0 Å². The highest BCUT2D eigenvalue weighted by Crippen LogP contribution is 2.33. The van der Waals surface area contributed by atoms with Gasteiger partial charge in [-0.05, 0) is 30.3 Å². The second-order valence-corrected chi connectivity index (χ2v) is 5.55. The summed E-state index contributed by atoms with van der Waals surface area (Å²) in [6, 6.07) is 9.73. The van der Waals surface area contributed by atoms with Crippen molar-refractivity contribution in [3.05, 3.63) is 68.4 Å². The second kappa shape index (κ2) is 6.77. The van der Waals surface area contributed by atoms with Gasteiger partial charge in [0.2, 0.25) is 0 Å². The summed E-state index contributed by atoms with van der Waals surface area (Å²) in [5.74, 6) is -0.439. The maximum absolute atomic E-state index is 14.2. The Morgan fingerprint density at radius 1 is 1.05 bits per heavy atom. The predicted molar refractivity (Wildman–Crippen MR) is 83.4 cm³/mol.